The number of pyridine rings is 1. The molecule has 0 atom stereocenters. The zero-order chi connectivity index (χ0) is 14.1. The molecule has 0 radical (unpaired) electrons. The lowest BCUT2D eigenvalue weighted by atomic mass is 10.2. The Morgan fingerprint density at radius 2 is 2.05 bits per heavy atom. The smallest absolute Gasteiger partial charge is 0.354 e. The average molecular weight is 266 g/mol. The van der Waals surface area contributed by atoms with Crippen molar-refractivity contribution in [3.8, 4) is 0 Å². The van der Waals surface area contributed by atoms with E-state index in [0.717, 1.165) is 5.52 Å². The summed E-state index contributed by atoms with van der Waals surface area (Å²) in [6, 6.07) is 11.7. The van der Waals surface area contributed by atoms with E-state index in [9.17, 15) is 9.90 Å². The minimum Gasteiger partial charge on any atom is -0.477 e. The highest BCUT2D eigenvalue weighted by Crippen LogP contribution is 2.22. The van der Waals surface area contributed by atoms with Crippen LogP contribution in [0.5, 0.6) is 0 Å². The van der Waals surface area contributed by atoms with Crippen molar-refractivity contribution < 1.29 is 9.90 Å². The van der Waals surface area contributed by atoms with Gasteiger partial charge in [0.1, 0.15) is 0 Å². The van der Waals surface area contributed by atoms with Gasteiger partial charge < -0.3 is 9.67 Å². The molecular formula is C16H14N2O2. The fourth-order valence-electron chi connectivity index (χ4n) is 2.50. The molecule has 100 valence electrons. The number of nitrogens with zero attached hydrogens (tertiary/aromatic N) is 2. The van der Waals surface area contributed by atoms with Crippen LogP contribution in [0.25, 0.3) is 10.9 Å². The zero-order valence-corrected chi connectivity index (χ0v) is 11.1. The predicted molar refractivity (Wildman–Crippen MR) is 77.0 cm³/mol. The number of benzene rings is 1. The molecule has 0 aliphatic rings. The molecule has 0 aliphatic heterocycles. The van der Waals surface area contributed by atoms with Gasteiger partial charge in [-0.2, -0.15) is 0 Å². The molecule has 4 heteroatoms. The second kappa shape index (κ2) is 4.81. The van der Waals surface area contributed by atoms with Crippen molar-refractivity contribution in [2.45, 2.75) is 13.5 Å². The lowest BCUT2D eigenvalue weighted by Crippen LogP contribution is -2.08. The highest BCUT2D eigenvalue weighted by atomic mass is 16.4. The van der Waals surface area contributed by atoms with Crippen LogP contribution in [0.3, 0.4) is 0 Å². The minimum atomic E-state index is -0.992. The Balaban J connectivity index is 2.08. The number of rotatable bonds is 3. The largest absolute Gasteiger partial charge is 0.477 e. The van der Waals surface area contributed by atoms with E-state index in [0.29, 0.717) is 12.1 Å². The number of hydrogen-bond acceptors (Lipinski definition) is 2. The molecule has 1 aromatic carbocycles. The monoisotopic (exact) mass is 266 g/mol. The van der Waals surface area contributed by atoms with Crippen LogP contribution in [-0.4, -0.2) is 20.6 Å². The lowest BCUT2D eigenvalue weighted by Gasteiger charge is -2.07. The molecule has 0 bridgehead atoms. The van der Waals surface area contributed by atoms with E-state index in [1.54, 1.807) is 12.1 Å². The van der Waals surface area contributed by atoms with Gasteiger partial charge in [-0.15, -0.1) is 0 Å². The van der Waals surface area contributed by atoms with E-state index in [1.165, 1.54) is 17.1 Å². The first-order valence-corrected chi connectivity index (χ1v) is 6.38. The van der Waals surface area contributed by atoms with Crippen LogP contribution in [0.15, 0.2) is 48.8 Å². The quantitative estimate of drug-likeness (QED) is 0.792. The van der Waals surface area contributed by atoms with Crippen molar-refractivity contribution in [2.24, 2.45) is 0 Å². The Morgan fingerprint density at radius 1 is 1.25 bits per heavy atom. The van der Waals surface area contributed by atoms with Crippen LogP contribution in [0.2, 0.25) is 0 Å². The molecule has 2 aromatic heterocycles. The molecule has 0 saturated heterocycles. The van der Waals surface area contributed by atoms with E-state index < -0.39 is 5.97 Å². The first-order valence-electron chi connectivity index (χ1n) is 6.38. The Kier molecular flexibility index (Phi) is 2.99. The highest BCUT2D eigenvalue weighted by Gasteiger charge is 2.12. The second-order valence-electron chi connectivity index (χ2n) is 4.77. The van der Waals surface area contributed by atoms with E-state index in [-0.39, 0.29) is 5.69 Å². The van der Waals surface area contributed by atoms with Crippen LogP contribution in [0.1, 0.15) is 21.6 Å². The number of carboxylic acids is 1. The molecule has 3 rings (SSSR count). The SMILES string of the molecule is Cc1cn(Cc2cccnc2C(=O)O)c2ccccc12. The molecule has 0 spiro atoms. The Bertz CT molecular complexity index is 790. The summed E-state index contributed by atoms with van der Waals surface area (Å²) in [7, 11) is 0. The summed E-state index contributed by atoms with van der Waals surface area (Å²) in [4.78, 5) is 15.2. The number of hydrogen-bond donors (Lipinski definition) is 1. The van der Waals surface area contributed by atoms with Crippen molar-refractivity contribution in [2.75, 3.05) is 0 Å². The van der Waals surface area contributed by atoms with Crippen molar-refractivity contribution >= 4 is 16.9 Å². The molecule has 4 nitrogen and oxygen atoms in total. The van der Waals surface area contributed by atoms with Crippen LogP contribution in [0.4, 0.5) is 0 Å². The molecule has 20 heavy (non-hydrogen) atoms. The molecule has 0 unspecified atom stereocenters. The number of carbonyl (C=O) groups is 1. The standard InChI is InChI=1S/C16H14N2O2/c1-11-9-18(14-7-3-2-6-13(11)14)10-12-5-4-8-17-15(12)16(19)20/h2-9H,10H2,1H3,(H,19,20). The number of aromatic nitrogens is 2. The van der Waals surface area contributed by atoms with E-state index >= 15 is 0 Å². The predicted octanol–water partition coefficient (Wildman–Crippen LogP) is 3.09. The Labute approximate surface area is 116 Å². The third kappa shape index (κ3) is 2.05. The van der Waals surface area contributed by atoms with Gasteiger partial charge in [0.2, 0.25) is 0 Å². The van der Waals surface area contributed by atoms with Crippen molar-refractivity contribution in [3.05, 3.63) is 65.6 Å². The molecule has 0 aliphatic carbocycles. The van der Waals surface area contributed by atoms with Gasteiger partial charge >= 0.3 is 5.97 Å². The molecule has 0 fully saturated rings. The van der Waals surface area contributed by atoms with Crippen LogP contribution >= 0.6 is 0 Å². The highest BCUT2D eigenvalue weighted by molar-refractivity contribution is 5.87. The van der Waals surface area contributed by atoms with Crippen molar-refractivity contribution in [3.63, 3.8) is 0 Å². The third-order valence-electron chi connectivity index (χ3n) is 3.42. The molecule has 3 aromatic rings. The number of para-hydroxylation sites is 1. The summed E-state index contributed by atoms with van der Waals surface area (Å²) in [5.74, 6) is -0.992. The summed E-state index contributed by atoms with van der Waals surface area (Å²) in [5.41, 5.74) is 3.11. The maximum atomic E-state index is 11.2. The normalized spacial score (nSPS) is 10.8. The average Bonchev–Trinajstić information content (AvgIpc) is 2.76. The van der Waals surface area contributed by atoms with Gasteiger partial charge in [-0.25, -0.2) is 9.78 Å². The van der Waals surface area contributed by atoms with Gasteiger partial charge in [-0.3, -0.25) is 0 Å². The number of aryl methyl sites for hydroxylation is 1. The van der Waals surface area contributed by atoms with Gasteiger partial charge in [-0.05, 0) is 24.6 Å². The fourth-order valence-corrected chi connectivity index (χ4v) is 2.50. The van der Waals surface area contributed by atoms with Crippen LogP contribution in [0, 0.1) is 6.92 Å². The molecular weight excluding hydrogens is 252 g/mol. The maximum absolute atomic E-state index is 11.2. The van der Waals surface area contributed by atoms with Gasteiger partial charge in [0, 0.05) is 35.4 Å². The molecule has 1 N–H and O–H groups in total. The Hall–Kier alpha value is -2.62. The lowest BCUT2D eigenvalue weighted by molar-refractivity contribution is 0.0689. The second-order valence-corrected chi connectivity index (χ2v) is 4.77. The van der Waals surface area contributed by atoms with Gasteiger partial charge in [0.25, 0.3) is 0 Å². The summed E-state index contributed by atoms with van der Waals surface area (Å²) in [5, 5.41) is 10.4. The summed E-state index contributed by atoms with van der Waals surface area (Å²) >= 11 is 0. The Morgan fingerprint density at radius 3 is 2.85 bits per heavy atom. The molecule has 2 heterocycles. The molecule has 0 saturated carbocycles. The van der Waals surface area contributed by atoms with Gasteiger partial charge in [-0.1, -0.05) is 24.3 Å². The zero-order valence-electron chi connectivity index (χ0n) is 11.1. The molecule has 0 amide bonds. The number of carboxylic acid groups (broad SMARTS) is 1. The first kappa shape index (κ1) is 12.4. The van der Waals surface area contributed by atoms with E-state index in [4.69, 9.17) is 0 Å². The van der Waals surface area contributed by atoms with Crippen LogP contribution < -0.4 is 0 Å². The van der Waals surface area contributed by atoms with Gasteiger partial charge in [0.05, 0.1) is 0 Å². The van der Waals surface area contributed by atoms with E-state index in [1.807, 2.05) is 24.4 Å². The summed E-state index contributed by atoms with van der Waals surface area (Å²) in [6.07, 6.45) is 3.55. The minimum absolute atomic E-state index is 0.114. The maximum Gasteiger partial charge on any atom is 0.354 e. The van der Waals surface area contributed by atoms with E-state index in [2.05, 4.69) is 22.5 Å². The topological polar surface area (TPSA) is 55.1 Å². The third-order valence-corrected chi connectivity index (χ3v) is 3.42. The first-order chi connectivity index (χ1) is 9.66. The van der Waals surface area contributed by atoms with Gasteiger partial charge in [0.15, 0.2) is 5.69 Å². The fraction of sp³-hybridized carbons (Fsp3) is 0.125. The summed E-state index contributed by atoms with van der Waals surface area (Å²) < 4.78 is 2.06. The van der Waals surface area contributed by atoms with Crippen LogP contribution in [-0.2, 0) is 6.54 Å². The number of fused-ring (bicyclic) bond motifs is 1. The van der Waals surface area contributed by atoms with Crippen molar-refractivity contribution in [1.82, 2.24) is 9.55 Å². The number of aromatic carboxylic acids is 1. The van der Waals surface area contributed by atoms with Crippen molar-refractivity contribution in [1.29, 1.82) is 0 Å². The summed E-state index contributed by atoms with van der Waals surface area (Å²) in [6.45, 7) is 2.56.